The zero-order chi connectivity index (χ0) is 20.3. The van der Waals surface area contributed by atoms with Gasteiger partial charge in [0, 0.05) is 22.5 Å². The summed E-state index contributed by atoms with van der Waals surface area (Å²) in [6.07, 6.45) is -0.150. The van der Waals surface area contributed by atoms with E-state index in [9.17, 15) is 9.90 Å². The molecule has 0 atom stereocenters. The molecule has 7 heteroatoms. The van der Waals surface area contributed by atoms with Crippen LogP contribution in [0.3, 0.4) is 0 Å². The molecule has 1 heterocycles. The van der Waals surface area contributed by atoms with Gasteiger partial charge in [-0.25, -0.2) is 0 Å². The number of aromatic nitrogens is 1. The van der Waals surface area contributed by atoms with Gasteiger partial charge in [-0.15, -0.1) is 0 Å². The van der Waals surface area contributed by atoms with Gasteiger partial charge in [-0.1, -0.05) is 0 Å². The van der Waals surface area contributed by atoms with Gasteiger partial charge in [0.1, 0.15) is 11.5 Å². The number of methoxy groups -OCH3 is 3. The minimum absolute atomic E-state index is 0.150. The van der Waals surface area contributed by atoms with Gasteiger partial charge in [-0.05, 0) is 36.8 Å². The Labute approximate surface area is 162 Å². The fraction of sp³-hybridized carbons (Fsp3) is 0.286. The molecule has 7 nitrogen and oxygen atoms in total. The molecule has 0 bridgehead atoms. The van der Waals surface area contributed by atoms with E-state index in [1.54, 1.807) is 33.5 Å². The summed E-state index contributed by atoms with van der Waals surface area (Å²) in [5, 5.41) is 10.3. The third-order valence-corrected chi connectivity index (χ3v) is 4.49. The highest BCUT2D eigenvalue weighted by Crippen LogP contribution is 2.43. The molecule has 0 radical (unpaired) electrons. The maximum Gasteiger partial charge on any atom is 0.307 e. The van der Waals surface area contributed by atoms with Crippen molar-refractivity contribution >= 4 is 16.9 Å². The van der Waals surface area contributed by atoms with Crippen molar-refractivity contribution < 1.29 is 28.8 Å². The summed E-state index contributed by atoms with van der Waals surface area (Å²) < 4.78 is 21.9. The van der Waals surface area contributed by atoms with Crippen molar-refractivity contribution in [3.05, 3.63) is 35.9 Å². The SMILES string of the molecule is CCOc1ccc2[nH]c(-c3cc(OC)c(OC)cc3OC)c(CC(=O)O)c2c1. The van der Waals surface area contributed by atoms with Crippen LogP contribution in [0.25, 0.3) is 22.2 Å². The molecule has 0 aliphatic heterocycles. The monoisotopic (exact) mass is 385 g/mol. The predicted octanol–water partition coefficient (Wildman–Crippen LogP) is 3.89. The van der Waals surface area contributed by atoms with Gasteiger partial charge in [0.2, 0.25) is 0 Å². The van der Waals surface area contributed by atoms with Gasteiger partial charge in [0.25, 0.3) is 0 Å². The second-order valence-corrected chi connectivity index (χ2v) is 6.10. The molecule has 0 saturated carbocycles. The van der Waals surface area contributed by atoms with Crippen molar-refractivity contribution in [3.8, 4) is 34.3 Å². The lowest BCUT2D eigenvalue weighted by atomic mass is 10.0. The first kappa shape index (κ1) is 19.4. The predicted molar refractivity (Wildman–Crippen MR) is 106 cm³/mol. The smallest absolute Gasteiger partial charge is 0.307 e. The Morgan fingerprint density at radius 3 is 2.29 bits per heavy atom. The van der Waals surface area contributed by atoms with E-state index in [4.69, 9.17) is 18.9 Å². The first-order valence-electron chi connectivity index (χ1n) is 8.81. The van der Waals surface area contributed by atoms with Crippen LogP contribution in [-0.4, -0.2) is 44.0 Å². The van der Waals surface area contributed by atoms with Crippen molar-refractivity contribution in [2.45, 2.75) is 13.3 Å². The largest absolute Gasteiger partial charge is 0.496 e. The number of fused-ring (bicyclic) bond motifs is 1. The number of carboxylic acid groups (broad SMARTS) is 1. The molecule has 1 aromatic heterocycles. The van der Waals surface area contributed by atoms with E-state index in [-0.39, 0.29) is 6.42 Å². The summed E-state index contributed by atoms with van der Waals surface area (Å²) in [7, 11) is 4.65. The lowest BCUT2D eigenvalue weighted by molar-refractivity contribution is -0.136. The van der Waals surface area contributed by atoms with Gasteiger partial charge in [-0.3, -0.25) is 4.79 Å². The number of rotatable bonds is 8. The Hall–Kier alpha value is -3.35. The second-order valence-electron chi connectivity index (χ2n) is 6.10. The van der Waals surface area contributed by atoms with Crippen molar-refractivity contribution in [3.63, 3.8) is 0 Å². The molecule has 0 aliphatic rings. The number of hydrogen-bond donors (Lipinski definition) is 2. The van der Waals surface area contributed by atoms with Crippen molar-refractivity contribution in [1.29, 1.82) is 0 Å². The Kier molecular flexibility index (Phi) is 5.63. The minimum Gasteiger partial charge on any atom is -0.496 e. The molecule has 3 aromatic rings. The first-order valence-corrected chi connectivity index (χ1v) is 8.81. The Bertz CT molecular complexity index is 1010. The molecule has 0 saturated heterocycles. The van der Waals surface area contributed by atoms with Crippen LogP contribution in [0.5, 0.6) is 23.0 Å². The van der Waals surface area contributed by atoms with Crippen LogP contribution in [0.2, 0.25) is 0 Å². The van der Waals surface area contributed by atoms with E-state index in [0.29, 0.717) is 46.4 Å². The van der Waals surface area contributed by atoms with E-state index < -0.39 is 5.97 Å². The standard InChI is InChI=1S/C21H23NO6/c1-5-28-12-6-7-16-13(8-12)14(10-20(23)24)21(22-16)15-9-18(26-3)19(27-4)11-17(15)25-2/h6-9,11,22H,5,10H2,1-4H3,(H,23,24). The quantitative estimate of drug-likeness (QED) is 0.611. The first-order chi connectivity index (χ1) is 13.5. The summed E-state index contributed by atoms with van der Waals surface area (Å²) in [6.45, 7) is 2.43. The fourth-order valence-electron chi connectivity index (χ4n) is 3.27. The van der Waals surface area contributed by atoms with Crippen molar-refractivity contribution in [1.82, 2.24) is 4.98 Å². The highest BCUT2D eigenvalue weighted by atomic mass is 16.5. The number of carbonyl (C=O) groups is 1. The third-order valence-electron chi connectivity index (χ3n) is 4.49. The average molecular weight is 385 g/mol. The molecule has 0 unspecified atom stereocenters. The van der Waals surface area contributed by atoms with E-state index >= 15 is 0 Å². The number of H-pyrrole nitrogens is 1. The average Bonchev–Trinajstić information content (AvgIpc) is 3.04. The van der Waals surface area contributed by atoms with Gasteiger partial charge >= 0.3 is 5.97 Å². The highest BCUT2D eigenvalue weighted by Gasteiger charge is 2.21. The molecule has 0 fully saturated rings. The van der Waals surface area contributed by atoms with Crippen LogP contribution in [0.4, 0.5) is 0 Å². The molecule has 2 N–H and O–H groups in total. The summed E-state index contributed by atoms with van der Waals surface area (Å²) in [5.74, 6) is 1.35. The Balaban J connectivity index is 2.28. The summed E-state index contributed by atoms with van der Waals surface area (Å²) >= 11 is 0. The topological polar surface area (TPSA) is 90.0 Å². The molecule has 0 spiro atoms. The van der Waals surface area contributed by atoms with Gasteiger partial charge < -0.3 is 29.0 Å². The summed E-state index contributed by atoms with van der Waals surface area (Å²) in [6, 6.07) is 9.07. The fourth-order valence-corrected chi connectivity index (χ4v) is 3.27. The van der Waals surface area contributed by atoms with Crippen LogP contribution in [-0.2, 0) is 11.2 Å². The lowest BCUT2D eigenvalue weighted by Gasteiger charge is -2.14. The maximum absolute atomic E-state index is 11.6. The van der Waals surface area contributed by atoms with Gasteiger partial charge in [0.05, 0.1) is 40.1 Å². The summed E-state index contributed by atoms with van der Waals surface area (Å²) in [5.41, 5.74) is 2.80. The molecule has 28 heavy (non-hydrogen) atoms. The molecule has 2 aromatic carbocycles. The van der Waals surface area contributed by atoms with E-state index in [2.05, 4.69) is 4.98 Å². The van der Waals surface area contributed by atoms with E-state index in [1.807, 2.05) is 25.1 Å². The number of hydrogen-bond acceptors (Lipinski definition) is 5. The van der Waals surface area contributed by atoms with E-state index in [0.717, 1.165) is 10.9 Å². The zero-order valence-corrected chi connectivity index (χ0v) is 16.3. The molecule has 148 valence electrons. The van der Waals surface area contributed by atoms with Gasteiger partial charge in [-0.2, -0.15) is 0 Å². The van der Waals surface area contributed by atoms with Crippen molar-refractivity contribution in [2.24, 2.45) is 0 Å². The number of nitrogens with one attached hydrogen (secondary N) is 1. The Morgan fingerprint density at radius 1 is 1.00 bits per heavy atom. The molecular formula is C21H23NO6. The maximum atomic E-state index is 11.6. The second kappa shape index (κ2) is 8.12. The minimum atomic E-state index is -0.927. The highest BCUT2D eigenvalue weighted by molar-refractivity contribution is 5.96. The van der Waals surface area contributed by atoms with Crippen LogP contribution in [0.15, 0.2) is 30.3 Å². The van der Waals surface area contributed by atoms with Crippen LogP contribution in [0.1, 0.15) is 12.5 Å². The van der Waals surface area contributed by atoms with Crippen LogP contribution in [0, 0.1) is 0 Å². The number of ether oxygens (including phenoxy) is 4. The molecule has 3 rings (SSSR count). The zero-order valence-electron chi connectivity index (χ0n) is 16.3. The number of aliphatic carboxylic acids is 1. The van der Waals surface area contributed by atoms with Crippen LogP contribution >= 0.6 is 0 Å². The third kappa shape index (κ3) is 3.55. The van der Waals surface area contributed by atoms with Crippen molar-refractivity contribution in [2.75, 3.05) is 27.9 Å². The molecule has 0 amide bonds. The molecular weight excluding hydrogens is 362 g/mol. The molecule has 0 aliphatic carbocycles. The van der Waals surface area contributed by atoms with Gasteiger partial charge in [0.15, 0.2) is 11.5 Å². The van der Waals surface area contributed by atoms with Crippen LogP contribution < -0.4 is 18.9 Å². The normalized spacial score (nSPS) is 10.7. The lowest BCUT2D eigenvalue weighted by Crippen LogP contribution is -2.02. The van der Waals surface area contributed by atoms with E-state index in [1.165, 1.54) is 0 Å². The number of benzene rings is 2. The summed E-state index contributed by atoms with van der Waals surface area (Å²) in [4.78, 5) is 14.9. The Morgan fingerprint density at radius 2 is 1.68 bits per heavy atom. The number of aromatic amines is 1. The number of carboxylic acids is 1.